The number of phosphoric acid groups is 2. The highest BCUT2D eigenvalue weighted by atomic mass is 31.2. The maximum atomic E-state index is 12.9. The molecule has 0 aromatic carbocycles. The molecule has 0 bridgehead atoms. The summed E-state index contributed by atoms with van der Waals surface area (Å²) in [5.74, 6) is -1.61. The first-order valence-electron chi connectivity index (χ1n) is 41.5. The van der Waals surface area contributed by atoms with Crippen molar-refractivity contribution < 1.29 is 75.8 Å². The summed E-state index contributed by atoms with van der Waals surface area (Å²) >= 11 is 0. The van der Waals surface area contributed by atoms with E-state index in [4.69, 9.17) is 32.3 Å². The fourth-order valence-corrected chi connectivity index (χ4v) is 12.6. The van der Waals surface area contributed by atoms with E-state index in [0.717, 1.165) is 154 Å². The third kappa shape index (κ3) is 80.5. The lowest BCUT2D eigenvalue weighted by atomic mass is 10.0. The van der Waals surface area contributed by atoms with Crippen molar-refractivity contribution in [3.63, 3.8) is 0 Å². The Balaban J connectivity index is 4.39. The number of carbonyl (C=O) groups excluding carboxylic acids is 3. The number of esters is 3. The molecule has 18 heteroatoms. The van der Waals surface area contributed by atoms with Crippen molar-refractivity contribution in [1.29, 1.82) is 0 Å². The molecule has 0 aliphatic rings. The third-order valence-electron chi connectivity index (χ3n) is 17.3. The van der Waals surface area contributed by atoms with Gasteiger partial charge in [0.15, 0.2) is 6.10 Å². The molecule has 16 nitrogen and oxygen atoms in total. The summed E-state index contributed by atoms with van der Waals surface area (Å²) in [6.07, 6.45) is 96.7. The number of ether oxygens (including phenoxy) is 3. The Morgan fingerprint density at radius 2 is 0.524 bits per heavy atom. The van der Waals surface area contributed by atoms with Gasteiger partial charge in [0.25, 0.3) is 0 Å². The first-order valence-corrected chi connectivity index (χ1v) is 44.5. The molecule has 5 unspecified atom stereocenters. The number of hydrogen-bond acceptors (Lipinski definition) is 14. The monoisotopic (exact) mass is 1510 g/mol. The van der Waals surface area contributed by atoms with Gasteiger partial charge < -0.3 is 34.2 Å². The van der Waals surface area contributed by atoms with Gasteiger partial charge in [-0.3, -0.25) is 32.5 Å². The largest absolute Gasteiger partial charge is 0.472 e. The second kappa shape index (κ2) is 79.2. The summed E-state index contributed by atoms with van der Waals surface area (Å²) in [4.78, 5) is 58.6. The lowest BCUT2D eigenvalue weighted by Gasteiger charge is -2.21. The fourth-order valence-electron chi connectivity index (χ4n) is 11.0. The molecule has 0 amide bonds. The Kier molecular flexibility index (Phi) is 76.0. The highest BCUT2D eigenvalue weighted by molar-refractivity contribution is 7.47. The number of aliphatic hydroxyl groups is 2. The standard InChI is InChI=1S/C87H150O16P2/c1-4-7-10-13-16-19-22-25-27-29-31-33-34-35-36-37-38-39-40-41-42-43-44-45-46-48-50-51-53-56-58-61-64-67-70-73-85(90)97-76-82(88)77-99-104(93,94)100-78-83(89)79-101-105(95,96)102-81-84(103-87(92)75-72-69-66-63-60-55-24-21-18-15-12-9-6-3)80-98-86(91)74-71-68-65-62-59-57-54-52-49-47-32-30-28-26-23-20-17-14-11-8-5-2/h7,10,12,15-17,19-21,24-28,31-33,35-36,47,52,54,82-84,88-89H,4-6,8-9,11,13-14,18,22-23,29-30,34,37-46,48-51,53,55-81H2,1-3H3,(H,93,94)(H,95,96)/b10-7-,15-12-,19-16-,20-17-,24-21-,27-25-,28-26-,33-31-,36-35-,47-32-,54-52-. The molecule has 105 heavy (non-hydrogen) atoms. The average molecular weight is 1510 g/mol. The van der Waals surface area contributed by atoms with E-state index in [1.807, 2.05) is 0 Å². The van der Waals surface area contributed by atoms with Gasteiger partial charge in [0.1, 0.15) is 25.4 Å². The zero-order valence-electron chi connectivity index (χ0n) is 66.1. The molecule has 0 aliphatic carbocycles. The summed E-state index contributed by atoms with van der Waals surface area (Å²) in [7, 11) is -9.80. The van der Waals surface area contributed by atoms with Crippen LogP contribution in [0.2, 0.25) is 0 Å². The second-order valence-corrected chi connectivity index (χ2v) is 30.4. The predicted octanol–water partition coefficient (Wildman–Crippen LogP) is 24.7. The van der Waals surface area contributed by atoms with Gasteiger partial charge in [-0.1, -0.05) is 321 Å². The lowest BCUT2D eigenvalue weighted by molar-refractivity contribution is -0.161. The van der Waals surface area contributed by atoms with Crippen LogP contribution in [0.25, 0.3) is 0 Å². The number of rotatable bonds is 78. The van der Waals surface area contributed by atoms with Gasteiger partial charge in [0.05, 0.1) is 26.4 Å². The Morgan fingerprint density at radius 3 is 0.838 bits per heavy atom. The molecule has 0 spiro atoms. The van der Waals surface area contributed by atoms with E-state index in [1.54, 1.807) is 0 Å². The van der Waals surface area contributed by atoms with Crippen LogP contribution in [-0.2, 0) is 55.8 Å². The van der Waals surface area contributed by atoms with Crippen molar-refractivity contribution in [2.45, 2.75) is 360 Å². The molecule has 0 heterocycles. The molecule has 0 saturated carbocycles. The first kappa shape index (κ1) is 101. The fraction of sp³-hybridized carbons (Fsp3) is 0.713. The molecule has 0 aromatic heterocycles. The summed E-state index contributed by atoms with van der Waals surface area (Å²) in [6, 6.07) is 0. The highest BCUT2D eigenvalue weighted by Crippen LogP contribution is 2.45. The Morgan fingerprint density at radius 1 is 0.276 bits per heavy atom. The molecule has 0 aromatic rings. The van der Waals surface area contributed by atoms with Crippen molar-refractivity contribution in [3.05, 3.63) is 134 Å². The summed E-state index contributed by atoms with van der Waals surface area (Å²) < 4.78 is 61.1. The van der Waals surface area contributed by atoms with Crippen LogP contribution in [0, 0.1) is 0 Å². The topological polar surface area (TPSA) is 231 Å². The number of allylic oxidation sites excluding steroid dienone is 22. The van der Waals surface area contributed by atoms with Crippen LogP contribution in [0.4, 0.5) is 0 Å². The first-order chi connectivity index (χ1) is 51.2. The van der Waals surface area contributed by atoms with Crippen LogP contribution in [-0.4, -0.2) is 95.9 Å². The smallest absolute Gasteiger partial charge is 0.463 e. The van der Waals surface area contributed by atoms with Crippen molar-refractivity contribution in [1.82, 2.24) is 0 Å². The van der Waals surface area contributed by atoms with E-state index in [2.05, 4.69) is 154 Å². The van der Waals surface area contributed by atoms with Gasteiger partial charge in [-0.2, -0.15) is 0 Å². The average Bonchev–Trinajstić information content (AvgIpc) is 1.03. The molecule has 604 valence electrons. The lowest BCUT2D eigenvalue weighted by Crippen LogP contribution is -2.30. The quantitative estimate of drug-likeness (QED) is 0.0146. The SMILES string of the molecule is CC/C=C\C/C=C\C/C=C\C/C=C\C/C=C\CCCCCCCCCCCCCCCCCCCCCC(=O)OCC(O)COP(=O)(O)OCC(O)COP(=O)(O)OCC(COC(=O)CCCCCCC/C=C\C/C=C\C/C=C\C/C=C\CCCCC)OC(=O)CCCCCCC/C=C\C/C=C\CCC. The number of hydrogen-bond donors (Lipinski definition) is 4. The van der Waals surface area contributed by atoms with Gasteiger partial charge in [-0.05, 0) is 135 Å². The zero-order chi connectivity index (χ0) is 76.6. The second-order valence-electron chi connectivity index (χ2n) is 27.5. The molecule has 0 aliphatic heterocycles. The summed E-state index contributed by atoms with van der Waals surface area (Å²) in [5, 5.41) is 20.6. The summed E-state index contributed by atoms with van der Waals surface area (Å²) in [5.41, 5.74) is 0. The van der Waals surface area contributed by atoms with E-state index in [-0.39, 0.29) is 19.3 Å². The Labute approximate surface area is 639 Å². The number of unbranched alkanes of at least 4 members (excludes halogenated alkanes) is 33. The molecule has 0 fully saturated rings. The number of phosphoric ester groups is 2. The van der Waals surface area contributed by atoms with Crippen LogP contribution in [0.1, 0.15) is 342 Å². The van der Waals surface area contributed by atoms with Crippen LogP contribution in [0.15, 0.2) is 134 Å². The molecular weight excluding hydrogens is 1360 g/mol. The molecule has 0 radical (unpaired) electrons. The Hall–Kier alpha value is -4.31. The molecule has 5 atom stereocenters. The molecular formula is C87H150O16P2. The van der Waals surface area contributed by atoms with E-state index in [9.17, 15) is 43.5 Å². The Bertz CT molecular complexity index is 2440. The minimum atomic E-state index is -4.94. The van der Waals surface area contributed by atoms with E-state index in [0.29, 0.717) is 19.3 Å². The molecule has 4 N–H and O–H groups in total. The minimum Gasteiger partial charge on any atom is -0.463 e. The van der Waals surface area contributed by atoms with Crippen molar-refractivity contribution >= 4 is 33.6 Å². The maximum Gasteiger partial charge on any atom is 0.472 e. The summed E-state index contributed by atoms with van der Waals surface area (Å²) in [6.45, 7) is 2.45. The van der Waals surface area contributed by atoms with Crippen molar-refractivity contribution in [3.8, 4) is 0 Å². The van der Waals surface area contributed by atoms with Crippen LogP contribution in [0.3, 0.4) is 0 Å². The van der Waals surface area contributed by atoms with Crippen LogP contribution >= 0.6 is 15.6 Å². The highest BCUT2D eigenvalue weighted by Gasteiger charge is 2.29. The minimum absolute atomic E-state index is 0.0821. The number of aliphatic hydroxyl groups excluding tert-OH is 2. The third-order valence-corrected chi connectivity index (χ3v) is 19.2. The van der Waals surface area contributed by atoms with Crippen LogP contribution < -0.4 is 0 Å². The van der Waals surface area contributed by atoms with E-state index >= 15 is 0 Å². The normalized spacial score (nSPS) is 14.6. The van der Waals surface area contributed by atoms with Crippen molar-refractivity contribution in [2.75, 3.05) is 39.6 Å². The molecule has 0 rings (SSSR count). The predicted molar refractivity (Wildman–Crippen MR) is 436 cm³/mol. The van der Waals surface area contributed by atoms with Gasteiger partial charge in [-0.15, -0.1) is 0 Å². The number of carbonyl (C=O) groups is 3. The van der Waals surface area contributed by atoms with Gasteiger partial charge in [0.2, 0.25) is 0 Å². The van der Waals surface area contributed by atoms with Gasteiger partial charge in [-0.25, -0.2) is 9.13 Å². The van der Waals surface area contributed by atoms with E-state index < -0.39 is 91.5 Å². The van der Waals surface area contributed by atoms with Gasteiger partial charge >= 0.3 is 33.6 Å². The zero-order valence-corrected chi connectivity index (χ0v) is 67.9. The van der Waals surface area contributed by atoms with E-state index in [1.165, 1.54) is 128 Å². The maximum absolute atomic E-state index is 12.9. The van der Waals surface area contributed by atoms with Gasteiger partial charge in [0, 0.05) is 19.3 Å². The van der Waals surface area contributed by atoms with Crippen LogP contribution in [0.5, 0.6) is 0 Å². The van der Waals surface area contributed by atoms with Crippen molar-refractivity contribution in [2.24, 2.45) is 0 Å². The molecule has 0 saturated heterocycles.